The Morgan fingerprint density at radius 2 is 1.80 bits per heavy atom. The predicted molar refractivity (Wildman–Crippen MR) is 64.9 cm³/mol. The topological polar surface area (TPSA) is 41.1 Å². The summed E-state index contributed by atoms with van der Waals surface area (Å²) < 4.78 is 0. The Morgan fingerprint density at radius 3 is 2.27 bits per heavy atom. The van der Waals surface area contributed by atoms with Gasteiger partial charge in [-0.3, -0.25) is 4.79 Å². The van der Waals surface area contributed by atoms with Gasteiger partial charge in [-0.25, -0.2) is 0 Å². The molecule has 0 radical (unpaired) electrons. The van der Waals surface area contributed by atoms with Crippen LogP contribution in [0.4, 0.5) is 0 Å². The summed E-state index contributed by atoms with van der Waals surface area (Å²) in [6, 6.07) is 0.864. The molecule has 0 spiro atoms. The maximum atomic E-state index is 11.5. The first kappa shape index (κ1) is 14.4. The van der Waals surface area contributed by atoms with Gasteiger partial charge in [-0.2, -0.15) is 0 Å². The molecular weight excluding hydrogens is 188 g/mol. The monoisotopic (exact) mass is 214 g/mol. The minimum Gasteiger partial charge on any atom is -0.353 e. The fraction of sp³-hybridized carbons (Fsp3) is 0.917. The third-order valence-corrected chi connectivity index (χ3v) is 2.48. The van der Waals surface area contributed by atoms with Crippen molar-refractivity contribution < 1.29 is 4.79 Å². The molecule has 0 aromatic rings. The molecule has 1 amide bonds. The van der Waals surface area contributed by atoms with E-state index >= 15 is 0 Å². The lowest BCUT2D eigenvalue weighted by atomic mass is 10.1. The summed E-state index contributed by atoms with van der Waals surface area (Å²) in [5, 5.41) is 6.34. The molecule has 0 aromatic heterocycles. The van der Waals surface area contributed by atoms with Gasteiger partial charge in [-0.05, 0) is 25.8 Å². The molecule has 3 nitrogen and oxygen atoms in total. The SMILES string of the molecule is CCC(CC)NC(=O)CCCNC(C)C. The summed E-state index contributed by atoms with van der Waals surface area (Å²) in [6.07, 6.45) is 3.60. The largest absolute Gasteiger partial charge is 0.353 e. The average molecular weight is 214 g/mol. The van der Waals surface area contributed by atoms with E-state index in [9.17, 15) is 4.79 Å². The molecule has 0 saturated carbocycles. The van der Waals surface area contributed by atoms with Crippen LogP contribution in [-0.4, -0.2) is 24.5 Å². The van der Waals surface area contributed by atoms with Crippen LogP contribution in [0.2, 0.25) is 0 Å². The fourth-order valence-corrected chi connectivity index (χ4v) is 1.43. The molecule has 0 fully saturated rings. The zero-order valence-corrected chi connectivity index (χ0v) is 10.6. The van der Waals surface area contributed by atoms with E-state index in [2.05, 4.69) is 38.3 Å². The number of hydrogen-bond acceptors (Lipinski definition) is 2. The molecule has 0 aliphatic rings. The molecular formula is C12H26N2O. The van der Waals surface area contributed by atoms with Gasteiger partial charge < -0.3 is 10.6 Å². The van der Waals surface area contributed by atoms with Crippen molar-refractivity contribution in [3.63, 3.8) is 0 Å². The van der Waals surface area contributed by atoms with Crippen LogP contribution >= 0.6 is 0 Å². The van der Waals surface area contributed by atoms with Gasteiger partial charge in [0.2, 0.25) is 5.91 Å². The second-order valence-electron chi connectivity index (χ2n) is 4.29. The van der Waals surface area contributed by atoms with Gasteiger partial charge in [-0.1, -0.05) is 27.7 Å². The lowest BCUT2D eigenvalue weighted by molar-refractivity contribution is -0.121. The maximum Gasteiger partial charge on any atom is 0.220 e. The second kappa shape index (κ2) is 8.72. The minimum absolute atomic E-state index is 0.189. The van der Waals surface area contributed by atoms with Crippen LogP contribution < -0.4 is 10.6 Å². The third-order valence-electron chi connectivity index (χ3n) is 2.48. The normalized spacial score (nSPS) is 11.1. The highest BCUT2D eigenvalue weighted by atomic mass is 16.1. The molecule has 2 N–H and O–H groups in total. The number of rotatable bonds is 8. The fourth-order valence-electron chi connectivity index (χ4n) is 1.43. The predicted octanol–water partition coefficient (Wildman–Crippen LogP) is 2.07. The van der Waals surface area contributed by atoms with Gasteiger partial charge in [0.1, 0.15) is 0 Å². The van der Waals surface area contributed by atoms with Crippen molar-refractivity contribution in [3.8, 4) is 0 Å². The first-order valence-electron chi connectivity index (χ1n) is 6.12. The highest BCUT2D eigenvalue weighted by Gasteiger charge is 2.07. The quantitative estimate of drug-likeness (QED) is 0.607. The van der Waals surface area contributed by atoms with Crippen molar-refractivity contribution in [1.29, 1.82) is 0 Å². The Bertz CT molecular complexity index is 165. The van der Waals surface area contributed by atoms with E-state index in [-0.39, 0.29) is 5.91 Å². The Balaban J connectivity index is 3.48. The van der Waals surface area contributed by atoms with Crippen LogP contribution in [0.15, 0.2) is 0 Å². The molecule has 0 aromatic carbocycles. The first-order chi connectivity index (χ1) is 7.10. The van der Waals surface area contributed by atoms with Crippen LogP contribution in [0.5, 0.6) is 0 Å². The standard InChI is InChI=1S/C12H26N2O/c1-5-11(6-2)14-12(15)8-7-9-13-10(3)4/h10-11,13H,5-9H2,1-4H3,(H,14,15). The van der Waals surface area contributed by atoms with Crippen LogP contribution in [0.25, 0.3) is 0 Å². The minimum atomic E-state index is 0.189. The van der Waals surface area contributed by atoms with Crippen molar-refractivity contribution in [1.82, 2.24) is 10.6 Å². The van der Waals surface area contributed by atoms with E-state index in [4.69, 9.17) is 0 Å². The van der Waals surface area contributed by atoms with Gasteiger partial charge in [0, 0.05) is 18.5 Å². The number of carbonyl (C=O) groups excluding carboxylic acids is 1. The Labute approximate surface area is 94.0 Å². The van der Waals surface area contributed by atoms with Crippen molar-refractivity contribution in [2.24, 2.45) is 0 Å². The van der Waals surface area contributed by atoms with E-state index in [1.54, 1.807) is 0 Å². The van der Waals surface area contributed by atoms with E-state index in [1.807, 2.05) is 0 Å². The maximum absolute atomic E-state index is 11.5. The van der Waals surface area contributed by atoms with Crippen molar-refractivity contribution in [3.05, 3.63) is 0 Å². The van der Waals surface area contributed by atoms with Crippen LogP contribution in [0.1, 0.15) is 53.4 Å². The number of nitrogens with one attached hydrogen (secondary N) is 2. The molecule has 0 aliphatic carbocycles. The number of hydrogen-bond donors (Lipinski definition) is 2. The lowest BCUT2D eigenvalue weighted by Gasteiger charge is -2.14. The smallest absolute Gasteiger partial charge is 0.220 e. The molecule has 0 rings (SSSR count). The molecule has 0 atom stereocenters. The van der Waals surface area contributed by atoms with Gasteiger partial charge in [0.15, 0.2) is 0 Å². The Kier molecular flexibility index (Phi) is 8.38. The molecule has 0 unspecified atom stereocenters. The van der Waals surface area contributed by atoms with E-state index in [0.29, 0.717) is 18.5 Å². The molecule has 90 valence electrons. The van der Waals surface area contributed by atoms with Crippen molar-refractivity contribution in [2.75, 3.05) is 6.54 Å². The van der Waals surface area contributed by atoms with Gasteiger partial charge in [0.25, 0.3) is 0 Å². The number of carbonyl (C=O) groups is 1. The molecule has 15 heavy (non-hydrogen) atoms. The summed E-state index contributed by atoms with van der Waals surface area (Å²) in [7, 11) is 0. The number of amides is 1. The van der Waals surface area contributed by atoms with Crippen molar-refractivity contribution >= 4 is 5.91 Å². The Hall–Kier alpha value is -0.570. The second-order valence-corrected chi connectivity index (χ2v) is 4.29. The molecule has 0 aliphatic heterocycles. The Morgan fingerprint density at radius 1 is 1.20 bits per heavy atom. The summed E-state index contributed by atoms with van der Waals surface area (Å²) >= 11 is 0. The zero-order valence-electron chi connectivity index (χ0n) is 10.6. The van der Waals surface area contributed by atoms with Crippen LogP contribution in [0, 0.1) is 0 Å². The first-order valence-corrected chi connectivity index (χ1v) is 6.12. The average Bonchev–Trinajstić information content (AvgIpc) is 2.20. The highest BCUT2D eigenvalue weighted by Crippen LogP contribution is 1.97. The van der Waals surface area contributed by atoms with E-state index in [0.717, 1.165) is 25.8 Å². The lowest BCUT2D eigenvalue weighted by Crippen LogP contribution is -2.34. The van der Waals surface area contributed by atoms with Gasteiger partial charge in [-0.15, -0.1) is 0 Å². The van der Waals surface area contributed by atoms with Crippen molar-refractivity contribution in [2.45, 2.75) is 65.5 Å². The molecule has 0 saturated heterocycles. The summed E-state index contributed by atoms with van der Waals surface area (Å²) in [6.45, 7) is 9.37. The molecule has 0 heterocycles. The molecule has 0 bridgehead atoms. The van der Waals surface area contributed by atoms with Gasteiger partial charge >= 0.3 is 0 Å². The summed E-state index contributed by atoms with van der Waals surface area (Å²) in [5.41, 5.74) is 0. The van der Waals surface area contributed by atoms with E-state index in [1.165, 1.54) is 0 Å². The zero-order chi connectivity index (χ0) is 11.7. The van der Waals surface area contributed by atoms with Crippen LogP contribution in [-0.2, 0) is 4.79 Å². The van der Waals surface area contributed by atoms with Gasteiger partial charge in [0.05, 0.1) is 0 Å². The molecule has 3 heteroatoms. The summed E-state index contributed by atoms with van der Waals surface area (Å²) in [4.78, 5) is 11.5. The third kappa shape index (κ3) is 8.43. The van der Waals surface area contributed by atoms with Crippen LogP contribution in [0.3, 0.4) is 0 Å². The highest BCUT2D eigenvalue weighted by molar-refractivity contribution is 5.76. The summed E-state index contributed by atoms with van der Waals surface area (Å²) in [5.74, 6) is 0.189. The van der Waals surface area contributed by atoms with E-state index < -0.39 is 0 Å².